The fourth-order valence-electron chi connectivity index (χ4n) is 2.21. The fourth-order valence-corrected chi connectivity index (χ4v) is 2.21. The van der Waals surface area contributed by atoms with Crippen LogP contribution in [-0.4, -0.2) is 24.6 Å². The second-order valence-corrected chi connectivity index (χ2v) is 6.64. The Bertz CT molecular complexity index is 310. The van der Waals surface area contributed by atoms with Crippen molar-refractivity contribution in [3.8, 4) is 0 Å². The molecule has 130 valence electrons. The van der Waals surface area contributed by atoms with Crippen molar-refractivity contribution in [3.63, 3.8) is 0 Å². The Morgan fingerprint density at radius 2 is 1.50 bits per heavy atom. The third-order valence-electron chi connectivity index (χ3n) is 3.63. The molecule has 0 rings (SSSR count). The van der Waals surface area contributed by atoms with Crippen molar-refractivity contribution >= 4 is 11.9 Å². The van der Waals surface area contributed by atoms with E-state index in [4.69, 9.17) is 9.47 Å². The Morgan fingerprint density at radius 1 is 0.909 bits per heavy atom. The van der Waals surface area contributed by atoms with Crippen LogP contribution in [0.1, 0.15) is 79.6 Å². The van der Waals surface area contributed by atoms with Gasteiger partial charge in [0.25, 0.3) is 0 Å². The predicted octanol–water partition coefficient (Wildman–Crippen LogP) is 4.50. The van der Waals surface area contributed by atoms with Gasteiger partial charge in [-0.15, -0.1) is 0 Å². The summed E-state index contributed by atoms with van der Waals surface area (Å²) in [6, 6.07) is 0. The van der Waals surface area contributed by atoms with Crippen molar-refractivity contribution in [2.45, 2.75) is 85.7 Å². The molecule has 0 aromatic rings. The Morgan fingerprint density at radius 3 is 2.00 bits per heavy atom. The SMILES string of the molecule is CCC(OC(=O)CCCCC(=O)OCCCC(C)C)C(C)C. The molecule has 0 amide bonds. The Balaban J connectivity index is 3.62. The molecule has 4 nitrogen and oxygen atoms in total. The molecule has 22 heavy (non-hydrogen) atoms. The van der Waals surface area contributed by atoms with Crippen LogP contribution in [0.3, 0.4) is 0 Å². The van der Waals surface area contributed by atoms with Gasteiger partial charge in [-0.3, -0.25) is 9.59 Å². The van der Waals surface area contributed by atoms with E-state index in [0.29, 0.717) is 44.1 Å². The highest BCUT2D eigenvalue weighted by Crippen LogP contribution is 2.12. The topological polar surface area (TPSA) is 52.6 Å². The van der Waals surface area contributed by atoms with Crippen molar-refractivity contribution in [2.24, 2.45) is 11.8 Å². The molecule has 1 atom stereocenters. The van der Waals surface area contributed by atoms with E-state index in [1.54, 1.807) is 0 Å². The van der Waals surface area contributed by atoms with Crippen LogP contribution in [0.15, 0.2) is 0 Å². The standard InChI is InChI=1S/C18H34O4/c1-6-16(15(4)5)22-18(20)12-8-7-11-17(19)21-13-9-10-14(2)3/h14-16H,6-13H2,1-5H3. The average Bonchev–Trinajstić information content (AvgIpc) is 2.45. The second-order valence-electron chi connectivity index (χ2n) is 6.64. The van der Waals surface area contributed by atoms with Crippen LogP contribution in [0, 0.1) is 11.8 Å². The number of hydrogen-bond donors (Lipinski definition) is 0. The zero-order valence-corrected chi connectivity index (χ0v) is 15.0. The highest BCUT2D eigenvalue weighted by molar-refractivity contribution is 5.70. The Kier molecular flexibility index (Phi) is 11.9. The zero-order chi connectivity index (χ0) is 17.0. The van der Waals surface area contributed by atoms with Gasteiger partial charge in [0, 0.05) is 12.8 Å². The zero-order valence-electron chi connectivity index (χ0n) is 15.0. The minimum absolute atomic E-state index is 0.00146. The van der Waals surface area contributed by atoms with Crippen molar-refractivity contribution in [1.82, 2.24) is 0 Å². The Hall–Kier alpha value is -1.06. The van der Waals surface area contributed by atoms with Gasteiger partial charge in [-0.2, -0.15) is 0 Å². The van der Waals surface area contributed by atoms with Gasteiger partial charge in [0.2, 0.25) is 0 Å². The molecule has 0 radical (unpaired) electrons. The minimum atomic E-state index is -0.161. The van der Waals surface area contributed by atoms with E-state index in [-0.39, 0.29) is 18.0 Å². The fraction of sp³-hybridized carbons (Fsp3) is 0.889. The molecule has 0 fully saturated rings. The van der Waals surface area contributed by atoms with Crippen LogP contribution in [0.4, 0.5) is 0 Å². The third kappa shape index (κ3) is 11.6. The van der Waals surface area contributed by atoms with E-state index in [1.165, 1.54) is 0 Å². The van der Waals surface area contributed by atoms with Gasteiger partial charge in [-0.25, -0.2) is 0 Å². The summed E-state index contributed by atoms with van der Waals surface area (Å²) < 4.78 is 10.6. The molecule has 0 aliphatic carbocycles. The lowest BCUT2D eigenvalue weighted by molar-refractivity contribution is -0.152. The van der Waals surface area contributed by atoms with E-state index >= 15 is 0 Å². The van der Waals surface area contributed by atoms with Gasteiger partial charge in [0.15, 0.2) is 0 Å². The number of rotatable bonds is 12. The van der Waals surface area contributed by atoms with Gasteiger partial charge in [0.05, 0.1) is 6.61 Å². The summed E-state index contributed by atoms with van der Waals surface area (Å²) in [6.07, 6.45) is 4.95. The van der Waals surface area contributed by atoms with Gasteiger partial charge in [0.1, 0.15) is 6.10 Å². The third-order valence-corrected chi connectivity index (χ3v) is 3.63. The minimum Gasteiger partial charge on any atom is -0.466 e. The number of hydrogen-bond acceptors (Lipinski definition) is 4. The lowest BCUT2D eigenvalue weighted by Gasteiger charge is -2.19. The van der Waals surface area contributed by atoms with Gasteiger partial charge in [-0.05, 0) is 43.9 Å². The van der Waals surface area contributed by atoms with Crippen molar-refractivity contribution in [2.75, 3.05) is 6.61 Å². The lowest BCUT2D eigenvalue weighted by Crippen LogP contribution is -2.22. The first-order chi connectivity index (χ1) is 10.4. The first-order valence-corrected chi connectivity index (χ1v) is 8.71. The smallest absolute Gasteiger partial charge is 0.306 e. The van der Waals surface area contributed by atoms with Crippen LogP contribution in [-0.2, 0) is 19.1 Å². The number of unbranched alkanes of at least 4 members (excludes halogenated alkanes) is 1. The molecule has 0 saturated carbocycles. The maximum absolute atomic E-state index is 11.7. The lowest BCUT2D eigenvalue weighted by atomic mass is 10.1. The second kappa shape index (κ2) is 12.5. The number of esters is 2. The predicted molar refractivity (Wildman–Crippen MR) is 88.5 cm³/mol. The molecule has 0 aromatic heterocycles. The van der Waals surface area contributed by atoms with Crippen molar-refractivity contribution < 1.29 is 19.1 Å². The van der Waals surface area contributed by atoms with E-state index in [1.807, 2.05) is 6.92 Å². The maximum Gasteiger partial charge on any atom is 0.306 e. The molecule has 0 bridgehead atoms. The monoisotopic (exact) mass is 314 g/mol. The van der Waals surface area contributed by atoms with Gasteiger partial charge >= 0.3 is 11.9 Å². The van der Waals surface area contributed by atoms with Crippen LogP contribution < -0.4 is 0 Å². The summed E-state index contributed by atoms with van der Waals surface area (Å²) in [6.45, 7) is 10.9. The number of carbonyl (C=O) groups is 2. The number of carbonyl (C=O) groups excluding carboxylic acids is 2. The summed E-state index contributed by atoms with van der Waals surface area (Å²) in [4.78, 5) is 23.2. The van der Waals surface area contributed by atoms with Crippen molar-refractivity contribution in [3.05, 3.63) is 0 Å². The van der Waals surface area contributed by atoms with E-state index in [9.17, 15) is 9.59 Å². The molecular formula is C18H34O4. The van der Waals surface area contributed by atoms with Crippen LogP contribution in [0.25, 0.3) is 0 Å². The highest BCUT2D eigenvalue weighted by Gasteiger charge is 2.16. The maximum atomic E-state index is 11.7. The summed E-state index contributed by atoms with van der Waals surface area (Å²) in [5.41, 5.74) is 0. The molecule has 0 saturated heterocycles. The molecule has 0 N–H and O–H groups in total. The molecule has 0 aliphatic heterocycles. The average molecular weight is 314 g/mol. The molecule has 0 aliphatic rings. The van der Waals surface area contributed by atoms with Crippen LogP contribution in [0.5, 0.6) is 0 Å². The normalized spacial score (nSPS) is 12.5. The van der Waals surface area contributed by atoms with E-state index in [0.717, 1.165) is 19.3 Å². The highest BCUT2D eigenvalue weighted by atomic mass is 16.5. The summed E-state index contributed by atoms with van der Waals surface area (Å²) >= 11 is 0. The van der Waals surface area contributed by atoms with Crippen LogP contribution >= 0.6 is 0 Å². The quantitative estimate of drug-likeness (QED) is 0.393. The molecule has 4 heteroatoms. The molecule has 0 spiro atoms. The Labute approximate surface area is 135 Å². The summed E-state index contributed by atoms with van der Waals surface area (Å²) in [5.74, 6) is 0.661. The van der Waals surface area contributed by atoms with Gasteiger partial charge in [-0.1, -0.05) is 34.6 Å². The number of ether oxygens (including phenoxy) is 2. The van der Waals surface area contributed by atoms with Crippen molar-refractivity contribution in [1.29, 1.82) is 0 Å². The molecular weight excluding hydrogens is 280 g/mol. The largest absolute Gasteiger partial charge is 0.466 e. The summed E-state index contributed by atoms with van der Waals surface area (Å²) in [5, 5.41) is 0. The molecule has 1 unspecified atom stereocenters. The van der Waals surface area contributed by atoms with Gasteiger partial charge < -0.3 is 9.47 Å². The summed E-state index contributed by atoms with van der Waals surface area (Å²) in [7, 11) is 0. The molecule has 0 heterocycles. The molecule has 0 aromatic carbocycles. The van der Waals surface area contributed by atoms with E-state index < -0.39 is 0 Å². The van der Waals surface area contributed by atoms with Crippen LogP contribution in [0.2, 0.25) is 0 Å². The first-order valence-electron chi connectivity index (χ1n) is 8.71. The van der Waals surface area contributed by atoms with E-state index in [2.05, 4.69) is 27.7 Å². The first kappa shape index (κ1) is 20.9.